The monoisotopic (exact) mass is 412 g/mol. The lowest BCUT2D eigenvalue weighted by Gasteiger charge is -2.07. The molecular weight excluding hydrogens is 396 g/mol. The molecule has 0 heterocycles. The molecule has 3 aromatic carbocycles. The molecule has 29 heavy (non-hydrogen) atoms. The molecule has 148 valence electrons. The summed E-state index contributed by atoms with van der Waals surface area (Å²) in [7, 11) is -3.61. The lowest BCUT2D eigenvalue weighted by atomic mass is 10.2. The predicted octanol–water partition coefficient (Wildman–Crippen LogP) is 4.86. The quantitative estimate of drug-likeness (QED) is 0.257. The molecule has 0 spiro atoms. The Labute approximate surface area is 166 Å². The highest BCUT2D eigenvalue weighted by molar-refractivity contribution is 7.90. The summed E-state index contributed by atoms with van der Waals surface area (Å²) in [5.74, 6) is -0.164. The first kappa shape index (κ1) is 20.0. The second-order valence-electron chi connectivity index (χ2n) is 6.07. The summed E-state index contributed by atoms with van der Waals surface area (Å²) in [6.45, 7) is 0. The molecule has 3 rings (SSSR count). The third-order valence-corrected chi connectivity index (χ3v) is 4.99. The minimum atomic E-state index is -3.61. The number of nitrogens with one attached hydrogen (secondary N) is 1. The molecule has 0 amide bonds. The van der Waals surface area contributed by atoms with Crippen LogP contribution in [-0.4, -0.2) is 24.7 Å². The first-order valence-corrected chi connectivity index (χ1v) is 10.2. The van der Waals surface area contributed by atoms with Gasteiger partial charge in [0.2, 0.25) is 0 Å². The smallest absolute Gasteiger partial charge is 0.298 e. The van der Waals surface area contributed by atoms with Crippen LogP contribution in [-0.2, 0) is 9.84 Å². The maximum atomic E-state index is 11.6. The molecule has 0 atom stereocenters. The summed E-state index contributed by atoms with van der Waals surface area (Å²) in [6, 6.07) is 17.3. The number of nitrogens with zero attached hydrogens (tertiary/aromatic N) is 3. The lowest BCUT2D eigenvalue weighted by molar-refractivity contribution is -0.384. The third-order valence-electron chi connectivity index (χ3n) is 3.88. The van der Waals surface area contributed by atoms with Crippen molar-refractivity contribution >= 4 is 38.3 Å². The highest BCUT2D eigenvalue weighted by Gasteiger charge is 2.18. The Balaban J connectivity index is 1.93. The molecule has 0 aliphatic carbocycles. The van der Waals surface area contributed by atoms with Crippen molar-refractivity contribution in [3.05, 3.63) is 76.8 Å². The maximum absolute atomic E-state index is 11.6. The predicted molar refractivity (Wildman–Crippen MR) is 108 cm³/mol. The number of benzene rings is 3. The Morgan fingerprint density at radius 3 is 2.28 bits per heavy atom. The van der Waals surface area contributed by atoms with Gasteiger partial charge in [-0.3, -0.25) is 10.1 Å². The summed E-state index contributed by atoms with van der Waals surface area (Å²) >= 11 is 0. The second kappa shape index (κ2) is 8.07. The number of aromatic hydroxyl groups is 1. The molecule has 0 fully saturated rings. The summed E-state index contributed by atoms with van der Waals surface area (Å²) in [4.78, 5) is 10.4. The third kappa shape index (κ3) is 4.93. The van der Waals surface area contributed by atoms with Gasteiger partial charge in [-0.05, 0) is 42.5 Å². The van der Waals surface area contributed by atoms with E-state index >= 15 is 0 Å². The molecule has 2 N–H and O–H groups in total. The zero-order chi connectivity index (χ0) is 21.0. The van der Waals surface area contributed by atoms with E-state index in [-0.39, 0.29) is 22.0 Å². The van der Waals surface area contributed by atoms with Crippen molar-refractivity contribution < 1.29 is 18.4 Å². The van der Waals surface area contributed by atoms with Gasteiger partial charge in [0.05, 0.1) is 9.82 Å². The Morgan fingerprint density at radius 2 is 1.62 bits per heavy atom. The minimum absolute atomic E-state index is 0.0902. The number of phenols is 1. The molecule has 0 aromatic heterocycles. The van der Waals surface area contributed by atoms with E-state index < -0.39 is 20.4 Å². The fraction of sp³-hybridized carbons (Fsp3) is 0.0526. The van der Waals surface area contributed by atoms with Crippen molar-refractivity contribution in [1.29, 1.82) is 0 Å². The van der Waals surface area contributed by atoms with Crippen LogP contribution in [0.1, 0.15) is 0 Å². The van der Waals surface area contributed by atoms with Crippen LogP contribution in [0, 0.1) is 10.1 Å². The number of nitro groups is 1. The zero-order valence-corrected chi connectivity index (χ0v) is 16.0. The van der Waals surface area contributed by atoms with Crippen LogP contribution in [0.2, 0.25) is 0 Å². The molecule has 10 heteroatoms. The molecule has 3 aromatic rings. The number of para-hydroxylation sites is 1. The highest BCUT2D eigenvalue weighted by Crippen LogP contribution is 2.35. The van der Waals surface area contributed by atoms with E-state index in [2.05, 4.69) is 15.5 Å². The summed E-state index contributed by atoms with van der Waals surface area (Å²) < 4.78 is 23.2. The first-order valence-electron chi connectivity index (χ1n) is 8.29. The SMILES string of the molecule is CS(=O)(=O)c1ccc(N=Nc2cc(Nc3ccccc3)ccc2O)c([N+](=O)[O-])c1. The van der Waals surface area contributed by atoms with E-state index in [1.807, 2.05) is 30.3 Å². The van der Waals surface area contributed by atoms with Gasteiger partial charge in [-0.15, -0.1) is 10.2 Å². The van der Waals surface area contributed by atoms with Crippen molar-refractivity contribution in [2.75, 3.05) is 11.6 Å². The van der Waals surface area contributed by atoms with Crippen LogP contribution in [0.3, 0.4) is 0 Å². The number of hydrogen-bond donors (Lipinski definition) is 2. The number of sulfone groups is 1. The lowest BCUT2D eigenvalue weighted by Crippen LogP contribution is -1.98. The van der Waals surface area contributed by atoms with E-state index in [1.165, 1.54) is 24.3 Å². The van der Waals surface area contributed by atoms with Crippen molar-refractivity contribution in [3.63, 3.8) is 0 Å². The van der Waals surface area contributed by atoms with Crippen LogP contribution in [0.25, 0.3) is 0 Å². The second-order valence-corrected chi connectivity index (χ2v) is 8.09. The Hall–Kier alpha value is -3.79. The van der Waals surface area contributed by atoms with Gasteiger partial charge in [-0.25, -0.2) is 8.42 Å². The van der Waals surface area contributed by atoms with Crippen molar-refractivity contribution in [3.8, 4) is 5.75 Å². The molecule has 0 radical (unpaired) electrons. The van der Waals surface area contributed by atoms with Crippen LogP contribution in [0.4, 0.5) is 28.4 Å². The molecule has 0 unspecified atom stereocenters. The number of hydrogen-bond acceptors (Lipinski definition) is 8. The van der Waals surface area contributed by atoms with E-state index in [0.717, 1.165) is 18.0 Å². The molecular formula is C19H16N4O5S. The normalized spacial score (nSPS) is 11.5. The summed E-state index contributed by atoms with van der Waals surface area (Å²) in [5, 5.41) is 32.2. The number of rotatable bonds is 6. The van der Waals surface area contributed by atoms with E-state index in [0.29, 0.717) is 5.69 Å². The van der Waals surface area contributed by atoms with Gasteiger partial charge in [-0.2, -0.15) is 0 Å². The average molecular weight is 412 g/mol. The standard InChI is InChI=1S/C19H16N4O5S/c1-29(27,28)15-8-9-16(18(12-15)23(25)26)21-22-17-11-14(7-10-19(17)24)20-13-5-3-2-4-6-13/h2-12,20,24H,1H3. The van der Waals surface area contributed by atoms with E-state index in [9.17, 15) is 23.6 Å². The van der Waals surface area contributed by atoms with Gasteiger partial charge < -0.3 is 10.4 Å². The number of anilines is 2. The minimum Gasteiger partial charge on any atom is -0.506 e. The van der Waals surface area contributed by atoms with Crippen molar-refractivity contribution in [1.82, 2.24) is 0 Å². The van der Waals surface area contributed by atoms with Crippen LogP contribution in [0.15, 0.2) is 81.9 Å². The maximum Gasteiger partial charge on any atom is 0.298 e. The van der Waals surface area contributed by atoms with E-state index in [4.69, 9.17) is 0 Å². The van der Waals surface area contributed by atoms with Crippen molar-refractivity contribution in [2.24, 2.45) is 10.2 Å². The topological polar surface area (TPSA) is 134 Å². The number of azo groups is 1. The van der Waals surface area contributed by atoms with Gasteiger partial charge in [-0.1, -0.05) is 18.2 Å². The summed E-state index contributed by atoms with van der Waals surface area (Å²) in [5.41, 5.74) is 0.906. The van der Waals surface area contributed by atoms with Crippen LogP contribution in [0.5, 0.6) is 5.75 Å². The first-order chi connectivity index (χ1) is 13.7. The largest absolute Gasteiger partial charge is 0.506 e. The van der Waals surface area contributed by atoms with Gasteiger partial charge >= 0.3 is 0 Å². The van der Waals surface area contributed by atoms with Crippen molar-refractivity contribution in [2.45, 2.75) is 4.90 Å². The zero-order valence-electron chi connectivity index (χ0n) is 15.2. The number of phenolic OH excluding ortho intramolecular Hbond substituents is 1. The fourth-order valence-electron chi connectivity index (χ4n) is 2.44. The Morgan fingerprint density at radius 1 is 0.931 bits per heavy atom. The molecule has 0 aliphatic rings. The highest BCUT2D eigenvalue weighted by atomic mass is 32.2. The molecule has 9 nitrogen and oxygen atoms in total. The van der Waals surface area contributed by atoms with Crippen LogP contribution >= 0.6 is 0 Å². The molecule has 0 aliphatic heterocycles. The fourth-order valence-corrected chi connectivity index (χ4v) is 3.08. The molecule has 0 saturated carbocycles. The van der Waals surface area contributed by atoms with Gasteiger partial charge in [0.25, 0.3) is 5.69 Å². The molecule has 0 saturated heterocycles. The van der Waals surface area contributed by atoms with Gasteiger partial charge in [0, 0.05) is 23.7 Å². The average Bonchev–Trinajstić information content (AvgIpc) is 2.68. The van der Waals surface area contributed by atoms with Gasteiger partial charge in [0.15, 0.2) is 15.5 Å². The summed E-state index contributed by atoms with van der Waals surface area (Å²) in [6.07, 6.45) is 0.955. The Bertz CT molecular complexity index is 1190. The molecule has 0 bridgehead atoms. The number of nitro benzene ring substituents is 1. The van der Waals surface area contributed by atoms with Gasteiger partial charge in [0.1, 0.15) is 11.4 Å². The van der Waals surface area contributed by atoms with Crippen LogP contribution < -0.4 is 5.32 Å². The van der Waals surface area contributed by atoms with E-state index in [1.54, 1.807) is 6.07 Å². The Kier molecular flexibility index (Phi) is 5.55.